The molecule has 0 atom stereocenters. The van der Waals surface area contributed by atoms with Crippen LogP contribution in [0, 0.1) is 0 Å². The number of alkyl halides is 3. The van der Waals surface area contributed by atoms with Crippen molar-refractivity contribution in [1.82, 2.24) is 24.9 Å². The number of carbonyl (C=O) groups excluding carboxylic acids is 2. The topological polar surface area (TPSA) is 70.5 Å². The Morgan fingerprint density at radius 1 is 1.03 bits per heavy atom. The molecule has 33 heavy (non-hydrogen) atoms. The van der Waals surface area contributed by atoms with E-state index >= 15 is 0 Å². The summed E-state index contributed by atoms with van der Waals surface area (Å²) >= 11 is 5.92. The van der Waals surface area contributed by atoms with Crippen molar-refractivity contribution in [2.45, 2.75) is 44.3 Å². The maximum absolute atomic E-state index is 13.9. The van der Waals surface area contributed by atoms with Crippen LogP contribution in [0.1, 0.15) is 48.2 Å². The first kappa shape index (κ1) is 23.4. The Labute approximate surface area is 194 Å². The molecule has 1 saturated carbocycles. The van der Waals surface area contributed by atoms with E-state index in [0.29, 0.717) is 4.68 Å². The zero-order chi connectivity index (χ0) is 23.6. The number of nitrogens with one attached hydrogen (secondary N) is 1. The lowest BCUT2D eigenvalue weighted by Crippen LogP contribution is -2.54. The molecule has 0 spiro atoms. The summed E-state index contributed by atoms with van der Waals surface area (Å²) in [6.07, 6.45) is 1.43. The molecule has 11 heteroatoms. The molecule has 2 fully saturated rings. The largest absolute Gasteiger partial charge is 0.434 e. The SMILES string of the molecule is O=C(NC1CCCCC1)N1CCN(C(=O)c2cnn(-c3cccc(Cl)c3)c2C(F)(F)F)CC1. The van der Waals surface area contributed by atoms with Crippen LogP contribution in [0.3, 0.4) is 0 Å². The minimum Gasteiger partial charge on any atom is -0.335 e. The zero-order valence-electron chi connectivity index (χ0n) is 17.9. The van der Waals surface area contributed by atoms with Crippen LogP contribution in [0.15, 0.2) is 30.5 Å². The average Bonchev–Trinajstić information content (AvgIpc) is 3.25. The van der Waals surface area contributed by atoms with Crippen LogP contribution in [0.2, 0.25) is 5.02 Å². The lowest BCUT2D eigenvalue weighted by molar-refractivity contribution is -0.143. The van der Waals surface area contributed by atoms with Gasteiger partial charge in [0.15, 0.2) is 5.69 Å². The van der Waals surface area contributed by atoms with E-state index < -0.39 is 23.3 Å². The zero-order valence-corrected chi connectivity index (χ0v) is 18.7. The van der Waals surface area contributed by atoms with Crippen LogP contribution < -0.4 is 5.32 Å². The number of piperazine rings is 1. The van der Waals surface area contributed by atoms with Gasteiger partial charge in [-0.25, -0.2) is 9.48 Å². The van der Waals surface area contributed by atoms with Crippen LogP contribution in [0.25, 0.3) is 5.69 Å². The van der Waals surface area contributed by atoms with E-state index in [-0.39, 0.29) is 49.0 Å². The van der Waals surface area contributed by atoms with E-state index in [2.05, 4.69) is 10.4 Å². The number of rotatable bonds is 3. The molecule has 1 aliphatic carbocycles. The van der Waals surface area contributed by atoms with Crippen LogP contribution in [-0.2, 0) is 6.18 Å². The fourth-order valence-electron chi connectivity index (χ4n) is 4.38. The maximum atomic E-state index is 13.9. The van der Waals surface area contributed by atoms with Crippen molar-refractivity contribution in [2.75, 3.05) is 26.2 Å². The Morgan fingerprint density at radius 3 is 2.33 bits per heavy atom. The molecular formula is C22H25ClF3N5O2. The fraction of sp³-hybridized carbons (Fsp3) is 0.500. The highest BCUT2D eigenvalue weighted by atomic mass is 35.5. The van der Waals surface area contributed by atoms with Gasteiger partial charge in [0.05, 0.1) is 17.4 Å². The number of halogens is 4. The summed E-state index contributed by atoms with van der Waals surface area (Å²) in [4.78, 5) is 28.5. The molecule has 2 aliphatic rings. The standard InChI is InChI=1S/C22H25ClF3N5O2/c23-15-5-4-8-17(13-15)31-19(22(24,25)26)18(14-27-31)20(32)29-9-11-30(12-10-29)21(33)28-16-6-2-1-3-7-16/h4-5,8,13-14,16H,1-3,6-7,9-12H2,(H,28,33). The molecule has 1 saturated heterocycles. The van der Waals surface area contributed by atoms with Gasteiger partial charge in [0.1, 0.15) is 0 Å². The second kappa shape index (κ2) is 9.62. The van der Waals surface area contributed by atoms with Gasteiger partial charge in [-0.1, -0.05) is 36.9 Å². The van der Waals surface area contributed by atoms with E-state index in [9.17, 15) is 22.8 Å². The number of urea groups is 1. The van der Waals surface area contributed by atoms with E-state index in [1.165, 1.54) is 35.6 Å². The van der Waals surface area contributed by atoms with Gasteiger partial charge in [0, 0.05) is 37.2 Å². The Hall–Kier alpha value is -2.75. The van der Waals surface area contributed by atoms with E-state index in [4.69, 9.17) is 11.6 Å². The molecule has 1 aromatic heterocycles. The van der Waals surface area contributed by atoms with Crippen LogP contribution >= 0.6 is 11.6 Å². The third kappa shape index (κ3) is 5.26. The van der Waals surface area contributed by atoms with E-state index in [1.807, 2.05) is 0 Å². The third-order valence-corrected chi connectivity index (χ3v) is 6.34. The summed E-state index contributed by atoms with van der Waals surface area (Å²) in [6.45, 7) is 0.815. The van der Waals surface area contributed by atoms with Gasteiger partial charge in [-0.15, -0.1) is 0 Å². The number of amides is 3. The monoisotopic (exact) mass is 483 g/mol. The molecule has 1 aliphatic heterocycles. The van der Waals surface area contributed by atoms with Crippen LogP contribution in [0.4, 0.5) is 18.0 Å². The van der Waals surface area contributed by atoms with Gasteiger partial charge >= 0.3 is 12.2 Å². The summed E-state index contributed by atoms with van der Waals surface area (Å²) < 4.78 is 42.4. The summed E-state index contributed by atoms with van der Waals surface area (Å²) in [5.74, 6) is -0.761. The van der Waals surface area contributed by atoms with Gasteiger partial charge in [0.25, 0.3) is 5.91 Å². The van der Waals surface area contributed by atoms with Crippen molar-refractivity contribution in [3.63, 3.8) is 0 Å². The molecule has 2 aromatic rings. The quantitative estimate of drug-likeness (QED) is 0.705. The first-order chi connectivity index (χ1) is 15.7. The molecule has 1 aromatic carbocycles. The van der Waals surface area contributed by atoms with Crippen molar-refractivity contribution < 1.29 is 22.8 Å². The van der Waals surface area contributed by atoms with E-state index in [1.54, 1.807) is 4.90 Å². The molecule has 7 nitrogen and oxygen atoms in total. The van der Waals surface area contributed by atoms with E-state index in [0.717, 1.165) is 31.9 Å². The van der Waals surface area contributed by atoms with Crippen molar-refractivity contribution >= 4 is 23.5 Å². The summed E-state index contributed by atoms with van der Waals surface area (Å²) in [5, 5.41) is 7.12. The normalized spacial score (nSPS) is 17.8. The highest BCUT2D eigenvalue weighted by molar-refractivity contribution is 6.30. The minimum atomic E-state index is -4.80. The van der Waals surface area contributed by atoms with Gasteiger partial charge < -0.3 is 15.1 Å². The minimum absolute atomic E-state index is 0.109. The lowest BCUT2D eigenvalue weighted by atomic mass is 9.96. The molecule has 178 valence electrons. The van der Waals surface area contributed by atoms with Gasteiger partial charge in [-0.3, -0.25) is 4.79 Å². The first-order valence-electron chi connectivity index (χ1n) is 11.0. The van der Waals surface area contributed by atoms with Gasteiger partial charge in [-0.2, -0.15) is 18.3 Å². The van der Waals surface area contributed by atoms with Gasteiger partial charge in [0.2, 0.25) is 0 Å². The number of benzene rings is 1. The van der Waals surface area contributed by atoms with Crippen molar-refractivity contribution in [1.29, 1.82) is 0 Å². The number of hydrogen-bond acceptors (Lipinski definition) is 3. The number of carbonyl (C=O) groups is 2. The predicted octanol–water partition coefficient (Wildman–Crippen LogP) is 4.34. The summed E-state index contributed by atoms with van der Waals surface area (Å²) in [6, 6.07) is 5.82. The first-order valence-corrected chi connectivity index (χ1v) is 11.4. The third-order valence-electron chi connectivity index (χ3n) is 6.11. The molecule has 2 heterocycles. The molecule has 4 rings (SSSR count). The number of nitrogens with zero attached hydrogens (tertiary/aromatic N) is 4. The molecule has 0 unspecified atom stereocenters. The van der Waals surface area contributed by atoms with Crippen LogP contribution in [0.5, 0.6) is 0 Å². The number of hydrogen-bond donors (Lipinski definition) is 1. The fourth-order valence-corrected chi connectivity index (χ4v) is 4.56. The predicted molar refractivity (Wildman–Crippen MR) is 116 cm³/mol. The molecule has 1 N–H and O–H groups in total. The second-order valence-corrected chi connectivity index (χ2v) is 8.80. The highest BCUT2D eigenvalue weighted by Gasteiger charge is 2.42. The highest BCUT2D eigenvalue weighted by Crippen LogP contribution is 2.34. The van der Waals surface area contributed by atoms with Crippen molar-refractivity contribution in [2.24, 2.45) is 0 Å². The summed E-state index contributed by atoms with van der Waals surface area (Å²) in [7, 11) is 0. The molecule has 3 amide bonds. The summed E-state index contributed by atoms with van der Waals surface area (Å²) in [5.41, 5.74) is -1.56. The van der Waals surface area contributed by atoms with Crippen molar-refractivity contribution in [3.05, 3.63) is 46.7 Å². The second-order valence-electron chi connectivity index (χ2n) is 8.36. The molecular weight excluding hydrogens is 459 g/mol. The Kier molecular flexibility index (Phi) is 6.83. The van der Waals surface area contributed by atoms with Crippen molar-refractivity contribution in [3.8, 4) is 5.69 Å². The van der Waals surface area contributed by atoms with Gasteiger partial charge in [-0.05, 0) is 31.0 Å². The van der Waals surface area contributed by atoms with Crippen LogP contribution in [-0.4, -0.2) is 63.7 Å². The molecule has 0 radical (unpaired) electrons. The lowest BCUT2D eigenvalue weighted by Gasteiger charge is -2.36. The maximum Gasteiger partial charge on any atom is 0.434 e. The Balaban J connectivity index is 1.46. The molecule has 0 bridgehead atoms. The Bertz CT molecular complexity index is 1010. The smallest absolute Gasteiger partial charge is 0.335 e. The average molecular weight is 484 g/mol. The number of aromatic nitrogens is 2. The Morgan fingerprint density at radius 2 is 1.70 bits per heavy atom.